The van der Waals surface area contributed by atoms with Crippen LogP contribution in [0.5, 0.6) is 0 Å². The molecular weight excluding hydrogens is 248 g/mol. The predicted octanol–water partition coefficient (Wildman–Crippen LogP) is 3.25. The van der Waals surface area contributed by atoms with Crippen molar-refractivity contribution in [3.8, 4) is 0 Å². The van der Waals surface area contributed by atoms with Crippen LogP contribution in [0, 0.1) is 0 Å². The number of hydrogen-bond acceptors (Lipinski definition) is 4. The quantitative estimate of drug-likeness (QED) is 0.924. The van der Waals surface area contributed by atoms with E-state index in [-0.39, 0.29) is 6.04 Å². The van der Waals surface area contributed by atoms with Crippen LogP contribution in [0.2, 0.25) is 0 Å². The lowest BCUT2D eigenvalue weighted by Crippen LogP contribution is -2.17. The predicted molar refractivity (Wildman–Crippen MR) is 82.0 cm³/mol. The maximum Gasteiger partial charge on any atom is 0.0806 e. The van der Waals surface area contributed by atoms with Crippen LogP contribution in [0.3, 0.4) is 0 Å². The van der Waals surface area contributed by atoms with E-state index in [2.05, 4.69) is 51.4 Å². The van der Waals surface area contributed by atoms with E-state index in [0.717, 1.165) is 11.4 Å². The molecule has 4 heteroatoms. The smallest absolute Gasteiger partial charge is 0.0806 e. The number of nitrogens with one attached hydrogen (secondary N) is 1. The minimum absolute atomic E-state index is 0.154. The van der Waals surface area contributed by atoms with Gasteiger partial charge in [0.15, 0.2) is 0 Å². The summed E-state index contributed by atoms with van der Waals surface area (Å²) in [5.41, 5.74) is 3.39. The first-order valence-electron chi connectivity index (χ1n) is 7.20. The lowest BCUT2D eigenvalue weighted by molar-refractivity contribution is 0.827. The second kappa shape index (κ2) is 5.90. The van der Waals surface area contributed by atoms with Crippen LogP contribution in [0.1, 0.15) is 31.5 Å². The Labute approximate surface area is 119 Å². The third kappa shape index (κ3) is 2.90. The molecule has 0 saturated carbocycles. The van der Waals surface area contributed by atoms with Gasteiger partial charge in [-0.2, -0.15) is 0 Å². The first-order valence-corrected chi connectivity index (χ1v) is 7.20. The Morgan fingerprint density at radius 3 is 2.50 bits per heavy atom. The highest BCUT2D eigenvalue weighted by Gasteiger charge is 2.12. The Bertz CT molecular complexity index is 532. The van der Waals surface area contributed by atoms with Crippen molar-refractivity contribution in [2.24, 2.45) is 0 Å². The Morgan fingerprint density at radius 2 is 1.85 bits per heavy atom. The van der Waals surface area contributed by atoms with Crippen molar-refractivity contribution < 1.29 is 0 Å². The number of benzene rings is 1. The van der Waals surface area contributed by atoms with Gasteiger partial charge in [-0.3, -0.25) is 9.97 Å². The fourth-order valence-corrected chi connectivity index (χ4v) is 2.60. The summed E-state index contributed by atoms with van der Waals surface area (Å²) in [7, 11) is 0. The summed E-state index contributed by atoms with van der Waals surface area (Å²) in [6, 6.07) is 8.82. The minimum atomic E-state index is 0.154. The van der Waals surface area contributed by atoms with Gasteiger partial charge in [0.25, 0.3) is 0 Å². The van der Waals surface area contributed by atoms with Crippen LogP contribution in [-0.2, 0) is 0 Å². The maximum atomic E-state index is 4.32. The third-order valence-electron chi connectivity index (χ3n) is 3.75. The summed E-state index contributed by atoms with van der Waals surface area (Å²) in [5, 5.41) is 3.45. The van der Waals surface area contributed by atoms with Crippen LogP contribution < -0.4 is 10.2 Å². The highest BCUT2D eigenvalue weighted by atomic mass is 15.1. The van der Waals surface area contributed by atoms with Gasteiger partial charge in [0.1, 0.15) is 0 Å². The van der Waals surface area contributed by atoms with Gasteiger partial charge < -0.3 is 10.2 Å². The van der Waals surface area contributed by atoms with Gasteiger partial charge in [-0.25, -0.2) is 0 Å². The molecule has 0 bridgehead atoms. The molecule has 0 amide bonds. The molecule has 0 spiro atoms. The Balaban J connectivity index is 1.66. The molecular formula is C16H20N4. The van der Waals surface area contributed by atoms with E-state index < -0.39 is 0 Å². The van der Waals surface area contributed by atoms with Gasteiger partial charge in [-0.1, -0.05) is 0 Å². The number of rotatable bonds is 4. The van der Waals surface area contributed by atoms with Crippen molar-refractivity contribution in [3.63, 3.8) is 0 Å². The zero-order valence-corrected chi connectivity index (χ0v) is 11.8. The Hall–Kier alpha value is -2.10. The highest BCUT2D eigenvalue weighted by Crippen LogP contribution is 2.23. The molecule has 1 atom stereocenters. The average Bonchev–Trinajstić information content (AvgIpc) is 3.03. The van der Waals surface area contributed by atoms with Crippen LogP contribution in [0.15, 0.2) is 42.9 Å². The molecule has 0 aliphatic carbocycles. The molecule has 20 heavy (non-hydrogen) atoms. The van der Waals surface area contributed by atoms with Gasteiger partial charge in [0.05, 0.1) is 17.9 Å². The number of aromatic nitrogens is 2. The molecule has 1 aliphatic rings. The topological polar surface area (TPSA) is 41.0 Å². The van der Waals surface area contributed by atoms with E-state index in [1.807, 2.05) is 0 Å². The van der Waals surface area contributed by atoms with Crippen LogP contribution in [0.4, 0.5) is 11.4 Å². The lowest BCUT2D eigenvalue weighted by Gasteiger charge is -2.19. The van der Waals surface area contributed by atoms with Crippen molar-refractivity contribution in [2.45, 2.75) is 25.8 Å². The van der Waals surface area contributed by atoms with E-state index in [1.54, 1.807) is 18.6 Å². The number of nitrogens with zero attached hydrogens (tertiary/aromatic N) is 3. The number of hydrogen-bond donors (Lipinski definition) is 1. The SMILES string of the molecule is CC(Nc1ccc(N2CCCC2)cc1)c1cnccn1. The normalized spacial score (nSPS) is 16.1. The molecule has 2 heterocycles. The zero-order chi connectivity index (χ0) is 13.8. The van der Waals surface area contributed by atoms with Gasteiger partial charge in [0.2, 0.25) is 0 Å². The summed E-state index contributed by atoms with van der Waals surface area (Å²) < 4.78 is 0. The first kappa shape index (κ1) is 12.9. The van der Waals surface area contributed by atoms with Gasteiger partial charge in [-0.15, -0.1) is 0 Å². The van der Waals surface area contributed by atoms with E-state index in [9.17, 15) is 0 Å². The summed E-state index contributed by atoms with van der Waals surface area (Å²) in [5.74, 6) is 0. The van der Waals surface area contributed by atoms with Gasteiger partial charge >= 0.3 is 0 Å². The summed E-state index contributed by atoms with van der Waals surface area (Å²) in [4.78, 5) is 10.9. The average molecular weight is 268 g/mol. The molecule has 1 saturated heterocycles. The lowest BCUT2D eigenvalue weighted by atomic mass is 10.2. The fourth-order valence-electron chi connectivity index (χ4n) is 2.60. The van der Waals surface area contributed by atoms with Gasteiger partial charge in [-0.05, 0) is 44.0 Å². The first-order chi connectivity index (χ1) is 9.83. The number of anilines is 2. The Morgan fingerprint density at radius 1 is 1.10 bits per heavy atom. The highest BCUT2D eigenvalue weighted by molar-refractivity contribution is 5.56. The van der Waals surface area contributed by atoms with E-state index >= 15 is 0 Å². The Kier molecular flexibility index (Phi) is 3.81. The van der Waals surface area contributed by atoms with Crippen molar-refractivity contribution in [2.75, 3.05) is 23.3 Å². The van der Waals surface area contributed by atoms with Crippen molar-refractivity contribution in [1.82, 2.24) is 9.97 Å². The van der Waals surface area contributed by atoms with E-state index in [0.29, 0.717) is 0 Å². The van der Waals surface area contributed by atoms with Crippen molar-refractivity contribution in [1.29, 1.82) is 0 Å². The van der Waals surface area contributed by atoms with Crippen LogP contribution in [0.25, 0.3) is 0 Å². The molecule has 1 unspecified atom stereocenters. The molecule has 4 nitrogen and oxygen atoms in total. The van der Waals surface area contributed by atoms with Gasteiger partial charge in [0, 0.05) is 36.9 Å². The molecule has 3 rings (SSSR count). The maximum absolute atomic E-state index is 4.32. The molecule has 1 aromatic carbocycles. The fraction of sp³-hybridized carbons (Fsp3) is 0.375. The molecule has 104 valence electrons. The third-order valence-corrected chi connectivity index (χ3v) is 3.75. The summed E-state index contributed by atoms with van der Waals surface area (Å²) in [6.07, 6.45) is 7.84. The molecule has 2 aromatic rings. The van der Waals surface area contributed by atoms with Crippen LogP contribution in [-0.4, -0.2) is 23.1 Å². The van der Waals surface area contributed by atoms with E-state index in [4.69, 9.17) is 0 Å². The molecule has 1 N–H and O–H groups in total. The summed E-state index contributed by atoms with van der Waals surface area (Å²) >= 11 is 0. The minimum Gasteiger partial charge on any atom is -0.377 e. The largest absolute Gasteiger partial charge is 0.377 e. The van der Waals surface area contributed by atoms with E-state index in [1.165, 1.54) is 31.6 Å². The monoisotopic (exact) mass is 268 g/mol. The molecule has 1 aliphatic heterocycles. The molecule has 1 aromatic heterocycles. The van der Waals surface area contributed by atoms with Crippen molar-refractivity contribution in [3.05, 3.63) is 48.5 Å². The second-order valence-corrected chi connectivity index (χ2v) is 5.24. The molecule has 0 radical (unpaired) electrons. The summed E-state index contributed by atoms with van der Waals surface area (Å²) in [6.45, 7) is 4.46. The van der Waals surface area contributed by atoms with Crippen molar-refractivity contribution >= 4 is 11.4 Å². The second-order valence-electron chi connectivity index (χ2n) is 5.24. The van der Waals surface area contributed by atoms with Crippen LogP contribution >= 0.6 is 0 Å². The zero-order valence-electron chi connectivity index (χ0n) is 11.8. The standard InChI is InChI=1S/C16H20N4/c1-13(16-12-17-8-9-18-16)19-14-4-6-15(7-5-14)20-10-2-3-11-20/h4-9,12-13,19H,2-3,10-11H2,1H3. The molecule has 1 fully saturated rings.